The summed E-state index contributed by atoms with van der Waals surface area (Å²) >= 11 is 0. The maximum absolute atomic E-state index is 5.58. The molecule has 0 amide bonds. The van der Waals surface area contributed by atoms with Gasteiger partial charge in [-0.15, -0.1) is 0 Å². The molecule has 1 nitrogen and oxygen atoms in total. The summed E-state index contributed by atoms with van der Waals surface area (Å²) in [6.45, 7) is 0. The van der Waals surface area contributed by atoms with Gasteiger partial charge in [-0.05, 0) is 28.3 Å². The van der Waals surface area contributed by atoms with Crippen molar-refractivity contribution < 1.29 is 4.42 Å². The Kier molecular flexibility index (Phi) is 1.61. The molecule has 3 aromatic carbocycles. The molecule has 0 N–H and O–H groups in total. The summed E-state index contributed by atoms with van der Waals surface area (Å²) in [6, 6.07) is 19.0. The molecule has 17 heavy (non-hydrogen) atoms. The van der Waals surface area contributed by atoms with Crippen LogP contribution in [-0.4, -0.2) is 0 Å². The molecule has 4 aromatic rings. The first-order valence-corrected chi connectivity index (χ1v) is 5.71. The quantitative estimate of drug-likeness (QED) is 0.388. The van der Waals surface area contributed by atoms with Gasteiger partial charge in [-0.2, -0.15) is 0 Å². The Balaban J connectivity index is 2.34. The first-order chi connectivity index (χ1) is 8.43. The minimum Gasteiger partial charge on any atom is -0.464 e. The highest BCUT2D eigenvalue weighted by Crippen LogP contribution is 2.31. The van der Waals surface area contributed by atoms with Gasteiger partial charge in [0.05, 0.1) is 6.26 Å². The van der Waals surface area contributed by atoms with E-state index in [-0.39, 0.29) is 0 Å². The summed E-state index contributed by atoms with van der Waals surface area (Å²) in [7, 11) is 0. The topological polar surface area (TPSA) is 13.1 Å². The molecule has 1 aromatic heterocycles. The van der Waals surface area contributed by atoms with Gasteiger partial charge in [0.2, 0.25) is 0 Å². The van der Waals surface area contributed by atoms with Gasteiger partial charge in [0, 0.05) is 10.8 Å². The lowest BCUT2D eigenvalue weighted by Crippen LogP contribution is -1.77. The van der Waals surface area contributed by atoms with E-state index in [0.29, 0.717) is 0 Å². The van der Waals surface area contributed by atoms with Crippen molar-refractivity contribution in [1.29, 1.82) is 0 Å². The van der Waals surface area contributed by atoms with Gasteiger partial charge in [0.25, 0.3) is 0 Å². The van der Waals surface area contributed by atoms with E-state index >= 15 is 0 Å². The second-order valence-corrected chi connectivity index (χ2v) is 4.29. The van der Waals surface area contributed by atoms with Crippen molar-refractivity contribution >= 4 is 32.5 Å². The zero-order valence-corrected chi connectivity index (χ0v) is 9.18. The highest BCUT2D eigenvalue weighted by atomic mass is 16.3. The number of rotatable bonds is 0. The van der Waals surface area contributed by atoms with Crippen molar-refractivity contribution in [3.63, 3.8) is 0 Å². The normalized spacial score (nSPS) is 11.5. The lowest BCUT2D eigenvalue weighted by molar-refractivity contribution is 0.619. The molecule has 80 valence electrons. The third-order valence-electron chi connectivity index (χ3n) is 3.34. The van der Waals surface area contributed by atoms with E-state index in [4.69, 9.17) is 4.42 Å². The van der Waals surface area contributed by atoms with E-state index in [0.717, 1.165) is 11.0 Å². The number of furan rings is 1. The Morgan fingerprint density at radius 2 is 1.41 bits per heavy atom. The van der Waals surface area contributed by atoms with Crippen LogP contribution in [0.4, 0.5) is 0 Å². The second kappa shape index (κ2) is 3.11. The van der Waals surface area contributed by atoms with Crippen LogP contribution in [0.15, 0.2) is 65.3 Å². The minimum absolute atomic E-state index is 0.980. The van der Waals surface area contributed by atoms with Gasteiger partial charge in [-0.25, -0.2) is 0 Å². The van der Waals surface area contributed by atoms with Crippen LogP contribution in [0.1, 0.15) is 0 Å². The van der Waals surface area contributed by atoms with Crippen LogP contribution < -0.4 is 0 Å². The van der Waals surface area contributed by atoms with Gasteiger partial charge >= 0.3 is 0 Å². The predicted molar refractivity (Wildman–Crippen MR) is 71.2 cm³/mol. The molecule has 0 aliphatic heterocycles. The van der Waals surface area contributed by atoms with Gasteiger partial charge in [0.15, 0.2) is 0 Å². The summed E-state index contributed by atoms with van der Waals surface area (Å²) in [5, 5.41) is 6.15. The lowest BCUT2D eigenvalue weighted by atomic mass is 10.0. The van der Waals surface area contributed by atoms with E-state index in [1.165, 1.54) is 21.5 Å². The van der Waals surface area contributed by atoms with Crippen molar-refractivity contribution in [2.45, 2.75) is 0 Å². The third-order valence-corrected chi connectivity index (χ3v) is 3.34. The van der Waals surface area contributed by atoms with E-state index in [2.05, 4.69) is 48.5 Å². The zero-order valence-electron chi connectivity index (χ0n) is 9.18. The summed E-state index contributed by atoms with van der Waals surface area (Å²) in [5.41, 5.74) is 0.980. The van der Waals surface area contributed by atoms with Crippen molar-refractivity contribution in [2.75, 3.05) is 0 Å². The maximum Gasteiger partial charge on any atom is 0.141 e. The number of benzene rings is 3. The molecular weight excluding hydrogens is 208 g/mol. The summed E-state index contributed by atoms with van der Waals surface area (Å²) in [6.07, 6.45) is 1.75. The van der Waals surface area contributed by atoms with Crippen LogP contribution in [0.25, 0.3) is 32.5 Å². The first kappa shape index (κ1) is 8.82. The van der Waals surface area contributed by atoms with Crippen LogP contribution >= 0.6 is 0 Å². The Hall–Kier alpha value is -2.28. The van der Waals surface area contributed by atoms with Crippen LogP contribution in [0.2, 0.25) is 0 Å². The molecule has 0 bridgehead atoms. The van der Waals surface area contributed by atoms with E-state index in [1.54, 1.807) is 6.26 Å². The average molecular weight is 218 g/mol. The lowest BCUT2D eigenvalue weighted by Gasteiger charge is -2.03. The Labute approximate surface area is 98.3 Å². The molecule has 0 saturated carbocycles. The SMILES string of the molecule is c1ccc2c(c1)ccc1c2ccc2ccoc21. The largest absolute Gasteiger partial charge is 0.464 e. The van der Waals surface area contributed by atoms with Crippen molar-refractivity contribution in [3.8, 4) is 0 Å². The standard InChI is InChI=1S/C16H10O/c1-2-4-13-11(3-1)5-8-15-14(13)7-6-12-9-10-17-16(12)15/h1-10H. The molecule has 0 spiro atoms. The van der Waals surface area contributed by atoms with E-state index < -0.39 is 0 Å². The molecule has 1 heterocycles. The molecule has 1 heteroatoms. The minimum atomic E-state index is 0.980. The Morgan fingerprint density at radius 3 is 2.41 bits per heavy atom. The molecule has 0 saturated heterocycles. The van der Waals surface area contributed by atoms with Crippen LogP contribution in [0.3, 0.4) is 0 Å². The fourth-order valence-electron chi connectivity index (χ4n) is 2.52. The second-order valence-electron chi connectivity index (χ2n) is 4.29. The first-order valence-electron chi connectivity index (χ1n) is 5.71. The van der Waals surface area contributed by atoms with Crippen LogP contribution in [0, 0.1) is 0 Å². The Morgan fingerprint density at radius 1 is 0.588 bits per heavy atom. The Bertz CT molecular complexity index is 840. The summed E-state index contributed by atoms with van der Waals surface area (Å²) in [5.74, 6) is 0. The number of hydrogen-bond acceptors (Lipinski definition) is 1. The maximum atomic E-state index is 5.58. The van der Waals surface area contributed by atoms with E-state index in [9.17, 15) is 0 Å². The fraction of sp³-hybridized carbons (Fsp3) is 0. The molecule has 0 atom stereocenters. The van der Waals surface area contributed by atoms with Gasteiger partial charge < -0.3 is 4.42 Å². The van der Waals surface area contributed by atoms with Gasteiger partial charge in [-0.1, -0.05) is 42.5 Å². The molecule has 4 rings (SSSR count). The molecule has 0 aliphatic rings. The summed E-state index contributed by atoms with van der Waals surface area (Å²) < 4.78 is 5.58. The zero-order chi connectivity index (χ0) is 11.2. The molecule has 0 unspecified atom stereocenters. The van der Waals surface area contributed by atoms with Gasteiger partial charge in [0.1, 0.15) is 5.58 Å². The van der Waals surface area contributed by atoms with Crippen LogP contribution in [0.5, 0.6) is 0 Å². The highest BCUT2D eigenvalue weighted by molar-refractivity contribution is 6.15. The molecule has 0 aliphatic carbocycles. The van der Waals surface area contributed by atoms with Crippen molar-refractivity contribution in [3.05, 3.63) is 60.9 Å². The average Bonchev–Trinajstić information content (AvgIpc) is 2.86. The molecular formula is C16H10O. The smallest absolute Gasteiger partial charge is 0.141 e. The van der Waals surface area contributed by atoms with Crippen molar-refractivity contribution in [2.24, 2.45) is 0 Å². The highest BCUT2D eigenvalue weighted by Gasteiger charge is 2.05. The summed E-state index contributed by atoms with van der Waals surface area (Å²) in [4.78, 5) is 0. The monoisotopic (exact) mass is 218 g/mol. The predicted octanol–water partition coefficient (Wildman–Crippen LogP) is 4.74. The number of hydrogen-bond donors (Lipinski definition) is 0. The molecule has 0 fully saturated rings. The van der Waals surface area contributed by atoms with E-state index in [1.807, 2.05) is 6.07 Å². The van der Waals surface area contributed by atoms with Crippen molar-refractivity contribution in [1.82, 2.24) is 0 Å². The van der Waals surface area contributed by atoms with Gasteiger partial charge in [-0.3, -0.25) is 0 Å². The number of fused-ring (bicyclic) bond motifs is 5. The third kappa shape index (κ3) is 1.14. The fourth-order valence-corrected chi connectivity index (χ4v) is 2.52. The molecule has 0 radical (unpaired) electrons. The van der Waals surface area contributed by atoms with Crippen LogP contribution in [-0.2, 0) is 0 Å².